The quantitative estimate of drug-likeness (QED) is 0.0668. The van der Waals surface area contributed by atoms with E-state index in [1.165, 1.54) is 167 Å². The molecule has 0 bridgehead atoms. The van der Waals surface area contributed by atoms with Crippen LogP contribution in [0.25, 0.3) is 0 Å². The summed E-state index contributed by atoms with van der Waals surface area (Å²) >= 11 is 0. The van der Waals surface area contributed by atoms with Crippen molar-refractivity contribution in [3.63, 3.8) is 0 Å². The molecule has 0 aliphatic carbocycles. The molecular formula is C35H70O2. The van der Waals surface area contributed by atoms with Gasteiger partial charge in [-0.3, -0.25) is 4.79 Å². The lowest BCUT2D eigenvalue weighted by Crippen LogP contribution is -2.05. The molecule has 0 atom stereocenters. The molecule has 2 nitrogen and oxygen atoms in total. The van der Waals surface area contributed by atoms with Crippen molar-refractivity contribution in [3.8, 4) is 0 Å². The van der Waals surface area contributed by atoms with Crippen molar-refractivity contribution in [2.45, 2.75) is 207 Å². The van der Waals surface area contributed by atoms with Gasteiger partial charge in [-0.2, -0.15) is 0 Å². The molecule has 0 saturated carbocycles. The Morgan fingerprint density at radius 3 is 1.16 bits per heavy atom. The normalized spacial score (nSPS) is 11.5. The van der Waals surface area contributed by atoms with Crippen LogP contribution in [0.5, 0.6) is 0 Å². The smallest absolute Gasteiger partial charge is 0.305 e. The number of rotatable bonds is 31. The van der Waals surface area contributed by atoms with E-state index < -0.39 is 0 Å². The maximum Gasteiger partial charge on any atom is 0.305 e. The highest BCUT2D eigenvalue weighted by Gasteiger charge is 2.03. The van der Waals surface area contributed by atoms with Gasteiger partial charge in [-0.05, 0) is 18.8 Å². The number of ether oxygens (including phenoxy) is 1. The molecule has 0 fully saturated rings. The van der Waals surface area contributed by atoms with E-state index in [0.717, 1.165) is 18.8 Å². The highest BCUT2D eigenvalue weighted by Crippen LogP contribution is 2.15. The van der Waals surface area contributed by atoms with E-state index >= 15 is 0 Å². The molecule has 0 aromatic carbocycles. The van der Waals surface area contributed by atoms with Gasteiger partial charge in [0.2, 0.25) is 0 Å². The van der Waals surface area contributed by atoms with E-state index in [1.807, 2.05) is 0 Å². The van der Waals surface area contributed by atoms with Crippen LogP contribution in [0.4, 0.5) is 0 Å². The zero-order chi connectivity index (χ0) is 27.1. The molecule has 0 spiro atoms. The van der Waals surface area contributed by atoms with Crippen LogP contribution in [0.15, 0.2) is 0 Å². The first-order valence-electron chi connectivity index (χ1n) is 17.3. The van der Waals surface area contributed by atoms with Crippen molar-refractivity contribution in [3.05, 3.63) is 0 Å². The largest absolute Gasteiger partial charge is 0.466 e. The lowest BCUT2D eigenvalue weighted by atomic mass is 10.0. The molecule has 0 rings (SSSR count). The third-order valence-corrected chi connectivity index (χ3v) is 7.92. The number of carbonyl (C=O) groups is 1. The molecule has 222 valence electrons. The van der Waals surface area contributed by atoms with Gasteiger partial charge in [0.25, 0.3) is 0 Å². The molecule has 0 aliphatic rings. The second kappa shape index (κ2) is 31.7. The Morgan fingerprint density at radius 1 is 0.459 bits per heavy atom. The van der Waals surface area contributed by atoms with Gasteiger partial charge in [0.15, 0.2) is 0 Å². The van der Waals surface area contributed by atoms with Gasteiger partial charge >= 0.3 is 5.97 Å². The fourth-order valence-electron chi connectivity index (χ4n) is 5.32. The molecule has 0 amide bonds. The molecule has 0 aromatic heterocycles. The van der Waals surface area contributed by atoms with Crippen molar-refractivity contribution in [2.75, 3.05) is 6.61 Å². The van der Waals surface area contributed by atoms with E-state index in [0.29, 0.717) is 13.0 Å². The molecule has 0 N–H and O–H groups in total. The van der Waals surface area contributed by atoms with Gasteiger partial charge in [-0.15, -0.1) is 0 Å². The van der Waals surface area contributed by atoms with Crippen LogP contribution in [0, 0.1) is 5.92 Å². The Balaban J connectivity index is 3.15. The van der Waals surface area contributed by atoms with Crippen LogP contribution >= 0.6 is 0 Å². The van der Waals surface area contributed by atoms with Crippen LogP contribution in [0.2, 0.25) is 0 Å². The molecular weight excluding hydrogens is 452 g/mol. The first kappa shape index (κ1) is 36.5. The van der Waals surface area contributed by atoms with Gasteiger partial charge in [0, 0.05) is 6.42 Å². The maximum atomic E-state index is 11.9. The number of hydrogen-bond acceptors (Lipinski definition) is 2. The first-order chi connectivity index (χ1) is 18.2. The van der Waals surface area contributed by atoms with Crippen molar-refractivity contribution in [2.24, 2.45) is 5.92 Å². The summed E-state index contributed by atoms with van der Waals surface area (Å²) in [7, 11) is 0. The van der Waals surface area contributed by atoms with E-state index in [4.69, 9.17) is 4.74 Å². The Labute approximate surface area is 234 Å². The lowest BCUT2D eigenvalue weighted by Gasteiger charge is -2.06. The van der Waals surface area contributed by atoms with Crippen molar-refractivity contribution < 1.29 is 9.53 Å². The molecule has 0 radical (unpaired) electrons. The third kappa shape index (κ3) is 33.4. The summed E-state index contributed by atoms with van der Waals surface area (Å²) in [5, 5.41) is 0. The minimum absolute atomic E-state index is 0.0267. The standard InChI is InChI=1S/C35H70O2/c1-4-5-6-7-8-9-10-11-14-17-20-23-26-29-32-35(36)37-33-30-27-24-21-18-15-12-13-16-19-22-25-28-31-34(2)3/h34H,4-33H2,1-3H3. The monoisotopic (exact) mass is 523 g/mol. The van der Waals surface area contributed by atoms with Crippen LogP contribution in [-0.2, 0) is 9.53 Å². The number of hydrogen-bond donors (Lipinski definition) is 0. The van der Waals surface area contributed by atoms with Crippen molar-refractivity contribution in [1.29, 1.82) is 0 Å². The predicted molar refractivity (Wildman–Crippen MR) is 165 cm³/mol. The van der Waals surface area contributed by atoms with Crippen LogP contribution in [-0.4, -0.2) is 12.6 Å². The first-order valence-corrected chi connectivity index (χ1v) is 17.3. The van der Waals surface area contributed by atoms with Crippen LogP contribution < -0.4 is 0 Å². The Bertz CT molecular complexity index is 431. The highest BCUT2D eigenvalue weighted by atomic mass is 16.5. The second-order valence-electron chi connectivity index (χ2n) is 12.3. The number of esters is 1. The van der Waals surface area contributed by atoms with Gasteiger partial charge in [0.05, 0.1) is 6.61 Å². The Kier molecular flexibility index (Phi) is 31.2. The van der Waals surface area contributed by atoms with E-state index in [2.05, 4.69) is 20.8 Å². The summed E-state index contributed by atoms with van der Waals surface area (Å²) in [6, 6.07) is 0. The molecule has 0 saturated heterocycles. The average molecular weight is 523 g/mol. The minimum atomic E-state index is 0.0267. The molecule has 0 aliphatic heterocycles. The van der Waals surface area contributed by atoms with Gasteiger partial charge in [-0.1, -0.05) is 188 Å². The molecule has 0 aromatic rings. The Morgan fingerprint density at radius 2 is 0.784 bits per heavy atom. The topological polar surface area (TPSA) is 26.3 Å². The Hall–Kier alpha value is -0.530. The van der Waals surface area contributed by atoms with E-state index in [9.17, 15) is 4.79 Å². The second-order valence-corrected chi connectivity index (χ2v) is 12.3. The van der Waals surface area contributed by atoms with Gasteiger partial charge < -0.3 is 4.74 Å². The zero-order valence-corrected chi connectivity index (χ0v) is 26.1. The molecule has 0 unspecified atom stereocenters. The molecule has 0 heterocycles. The van der Waals surface area contributed by atoms with Gasteiger partial charge in [0.1, 0.15) is 0 Å². The predicted octanol–water partition coefficient (Wildman–Crippen LogP) is 12.5. The lowest BCUT2D eigenvalue weighted by molar-refractivity contribution is -0.143. The third-order valence-electron chi connectivity index (χ3n) is 7.92. The molecule has 37 heavy (non-hydrogen) atoms. The number of unbranched alkanes of at least 4 members (excludes halogenated alkanes) is 25. The van der Waals surface area contributed by atoms with Gasteiger partial charge in [-0.25, -0.2) is 0 Å². The fraction of sp³-hybridized carbons (Fsp3) is 0.971. The van der Waals surface area contributed by atoms with Crippen LogP contribution in [0.3, 0.4) is 0 Å². The summed E-state index contributed by atoms with van der Waals surface area (Å²) in [6.07, 6.45) is 38.7. The van der Waals surface area contributed by atoms with Crippen molar-refractivity contribution in [1.82, 2.24) is 0 Å². The maximum absolute atomic E-state index is 11.9. The fourth-order valence-corrected chi connectivity index (χ4v) is 5.32. The summed E-state index contributed by atoms with van der Waals surface area (Å²) < 4.78 is 5.44. The zero-order valence-electron chi connectivity index (χ0n) is 26.1. The average Bonchev–Trinajstić information content (AvgIpc) is 2.88. The number of carbonyl (C=O) groups excluding carboxylic acids is 1. The summed E-state index contributed by atoms with van der Waals surface area (Å²) in [6.45, 7) is 7.58. The molecule has 2 heteroatoms. The van der Waals surface area contributed by atoms with Crippen molar-refractivity contribution >= 4 is 5.97 Å². The minimum Gasteiger partial charge on any atom is -0.466 e. The van der Waals surface area contributed by atoms with E-state index in [1.54, 1.807) is 0 Å². The summed E-state index contributed by atoms with van der Waals surface area (Å²) in [5.74, 6) is 0.900. The van der Waals surface area contributed by atoms with Crippen LogP contribution in [0.1, 0.15) is 207 Å². The summed E-state index contributed by atoms with van der Waals surface area (Å²) in [5.41, 5.74) is 0. The van der Waals surface area contributed by atoms with E-state index in [-0.39, 0.29) is 5.97 Å². The highest BCUT2D eigenvalue weighted by molar-refractivity contribution is 5.69. The summed E-state index contributed by atoms with van der Waals surface area (Å²) in [4.78, 5) is 11.9. The SMILES string of the molecule is CCCCCCCCCCCCCCCCC(=O)OCCCCCCCCCCCCCCCC(C)C.